The number of anilines is 1. The van der Waals surface area contributed by atoms with Gasteiger partial charge in [-0.2, -0.15) is 0 Å². The number of nitrogens with one attached hydrogen (secondary N) is 2. The molecule has 0 atom stereocenters. The SMILES string of the molecule is CCS(=O)(=O)Nc1cccc(C2(c3cnc[nH]3)CC2)c1. The number of hydrogen-bond acceptors (Lipinski definition) is 3. The predicted molar refractivity (Wildman–Crippen MR) is 78.1 cm³/mol. The molecular weight excluding hydrogens is 274 g/mol. The summed E-state index contributed by atoms with van der Waals surface area (Å²) in [6.45, 7) is 1.62. The number of benzene rings is 1. The van der Waals surface area contributed by atoms with Crippen LogP contribution in [0.15, 0.2) is 36.8 Å². The van der Waals surface area contributed by atoms with Crippen molar-refractivity contribution < 1.29 is 8.42 Å². The lowest BCUT2D eigenvalue weighted by molar-refractivity contribution is 0.602. The van der Waals surface area contributed by atoms with Crippen LogP contribution in [-0.4, -0.2) is 24.1 Å². The summed E-state index contributed by atoms with van der Waals surface area (Å²) in [6, 6.07) is 7.62. The van der Waals surface area contributed by atoms with E-state index in [1.165, 1.54) is 0 Å². The van der Waals surface area contributed by atoms with Gasteiger partial charge in [-0.25, -0.2) is 13.4 Å². The van der Waals surface area contributed by atoms with E-state index in [2.05, 4.69) is 14.7 Å². The number of aromatic nitrogens is 2. The summed E-state index contributed by atoms with van der Waals surface area (Å²) < 4.78 is 25.9. The number of aromatic amines is 1. The van der Waals surface area contributed by atoms with Gasteiger partial charge < -0.3 is 4.98 Å². The predicted octanol–water partition coefficient (Wildman–Crippen LogP) is 2.25. The van der Waals surface area contributed by atoms with Gasteiger partial charge >= 0.3 is 0 Å². The van der Waals surface area contributed by atoms with Crippen molar-refractivity contribution in [2.24, 2.45) is 0 Å². The van der Waals surface area contributed by atoms with Crippen LogP contribution in [0.3, 0.4) is 0 Å². The lowest BCUT2D eigenvalue weighted by Gasteiger charge is -2.15. The summed E-state index contributed by atoms with van der Waals surface area (Å²) in [5.74, 6) is 0.0723. The monoisotopic (exact) mass is 291 g/mol. The Labute approximate surface area is 118 Å². The second kappa shape index (κ2) is 4.63. The lowest BCUT2D eigenvalue weighted by atomic mass is 9.92. The van der Waals surface area contributed by atoms with E-state index >= 15 is 0 Å². The Morgan fingerprint density at radius 2 is 2.20 bits per heavy atom. The van der Waals surface area contributed by atoms with Crippen molar-refractivity contribution >= 4 is 15.7 Å². The minimum Gasteiger partial charge on any atom is -0.348 e. The third kappa shape index (κ3) is 2.31. The smallest absolute Gasteiger partial charge is 0.232 e. The van der Waals surface area contributed by atoms with Crippen molar-refractivity contribution in [3.05, 3.63) is 48.0 Å². The molecular formula is C14H17N3O2S. The zero-order valence-electron chi connectivity index (χ0n) is 11.3. The number of imidazole rings is 1. The molecule has 1 aliphatic carbocycles. The van der Waals surface area contributed by atoms with Crippen molar-refractivity contribution in [1.29, 1.82) is 0 Å². The molecule has 0 spiro atoms. The maximum Gasteiger partial charge on any atom is 0.232 e. The molecule has 2 aromatic rings. The van der Waals surface area contributed by atoms with Gasteiger partial charge in [0.1, 0.15) is 0 Å². The van der Waals surface area contributed by atoms with Gasteiger partial charge in [0, 0.05) is 23.0 Å². The highest BCUT2D eigenvalue weighted by Crippen LogP contribution is 2.52. The van der Waals surface area contributed by atoms with Crippen LogP contribution in [0.2, 0.25) is 0 Å². The van der Waals surface area contributed by atoms with Crippen LogP contribution in [0.1, 0.15) is 31.0 Å². The Hall–Kier alpha value is -1.82. The summed E-state index contributed by atoms with van der Waals surface area (Å²) >= 11 is 0. The van der Waals surface area contributed by atoms with Gasteiger partial charge in [0.05, 0.1) is 12.1 Å². The average molecular weight is 291 g/mol. The quantitative estimate of drug-likeness (QED) is 0.887. The molecule has 0 amide bonds. The molecule has 1 saturated carbocycles. The molecule has 0 radical (unpaired) electrons. The van der Waals surface area contributed by atoms with E-state index in [4.69, 9.17) is 0 Å². The summed E-state index contributed by atoms with van der Waals surface area (Å²) in [5.41, 5.74) is 2.81. The first-order valence-corrected chi connectivity index (χ1v) is 8.31. The highest BCUT2D eigenvalue weighted by atomic mass is 32.2. The maximum absolute atomic E-state index is 11.6. The average Bonchev–Trinajstić information content (AvgIpc) is 3.06. The molecule has 6 heteroatoms. The normalized spacial score (nSPS) is 16.9. The Morgan fingerprint density at radius 3 is 2.80 bits per heavy atom. The van der Waals surface area contributed by atoms with Crippen LogP contribution in [-0.2, 0) is 15.4 Å². The van der Waals surface area contributed by atoms with Gasteiger partial charge in [0.15, 0.2) is 0 Å². The summed E-state index contributed by atoms with van der Waals surface area (Å²) in [5, 5.41) is 0. The Morgan fingerprint density at radius 1 is 1.40 bits per heavy atom. The molecule has 1 aromatic carbocycles. The lowest BCUT2D eigenvalue weighted by Crippen LogP contribution is -2.15. The number of H-pyrrole nitrogens is 1. The number of hydrogen-bond donors (Lipinski definition) is 2. The molecule has 0 unspecified atom stereocenters. The van der Waals surface area contributed by atoms with Gasteiger partial charge in [-0.05, 0) is 37.5 Å². The molecule has 20 heavy (non-hydrogen) atoms. The molecule has 5 nitrogen and oxygen atoms in total. The zero-order valence-corrected chi connectivity index (χ0v) is 12.1. The van der Waals surface area contributed by atoms with Gasteiger partial charge in [0.2, 0.25) is 10.0 Å². The van der Waals surface area contributed by atoms with Crippen LogP contribution in [0.25, 0.3) is 0 Å². The fraction of sp³-hybridized carbons (Fsp3) is 0.357. The fourth-order valence-corrected chi connectivity index (χ4v) is 3.12. The molecule has 2 N–H and O–H groups in total. The van der Waals surface area contributed by atoms with Crippen molar-refractivity contribution in [3.63, 3.8) is 0 Å². The van der Waals surface area contributed by atoms with Gasteiger partial charge in [-0.15, -0.1) is 0 Å². The molecule has 106 valence electrons. The van der Waals surface area contributed by atoms with E-state index in [-0.39, 0.29) is 11.2 Å². The maximum atomic E-state index is 11.6. The van der Waals surface area contributed by atoms with Crippen molar-refractivity contribution in [2.45, 2.75) is 25.2 Å². The van der Waals surface area contributed by atoms with Gasteiger partial charge in [0.25, 0.3) is 0 Å². The van der Waals surface area contributed by atoms with E-state index < -0.39 is 10.0 Å². The first-order valence-electron chi connectivity index (χ1n) is 6.66. The van der Waals surface area contributed by atoms with Crippen molar-refractivity contribution in [1.82, 2.24) is 9.97 Å². The van der Waals surface area contributed by atoms with E-state index in [0.717, 1.165) is 24.1 Å². The van der Waals surface area contributed by atoms with Crippen molar-refractivity contribution in [2.75, 3.05) is 10.5 Å². The summed E-state index contributed by atoms with van der Waals surface area (Å²) in [7, 11) is -3.24. The molecule has 1 aromatic heterocycles. The van der Waals surface area contributed by atoms with Crippen LogP contribution >= 0.6 is 0 Å². The minimum atomic E-state index is -3.24. The van der Waals surface area contributed by atoms with Crippen LogP contribution in [0.4, 0.5) is 5.69 Å². The van der Waals surface area contributed by atoms with E-state index in [1.807, 2.05) is 24.4 Å². The second-order valence-electron chi connectivity index (χ2n) is 5.13. The van der Waals surface area contributed by atoms with Gasteiger partial charge in [-0.3, -0.25) is 4.72 Å². The number of rotatable bonds is 5. The Balaban J connectivity index is 1.93. The van der Waals surface area contributed by atoms with Crippen LogP contribution < -0.4 is 4.72 Å². The van der Waals surface area contributed by atoms with Gasteiger partial charge in [-0.1, -0.05) is 12.1 Å². The zero-order chi connectivity index (χ0) is 14.2. The standard InChI is InChI=1S/C14H17N3O2S/c1-2-20(18,19)17-12-5-3-4-11(8-12)14(6-7-14)13-9-15-10-16-13/h3-5,8-10,17H,2,6-7H2,1H3,(H,15,16). The van der Waals surface area contributed by atoms with Crippen LogP contribution in [0, 0.1) is 0 Å². The van der Waals surface area contributed by atoms with Crippen LogP contribution in [0.5, 0.6) is 0 Å². The molecule has 0 bridgehead atoms. The van der Waals surface area contributed by atoms with E-state index in [0.29, 0.717) is 5.69 Å². The molecule has 1 heterocycles. The number of sulfonamides is 1. The first kappa shape index (κ1) is 13.2. The number of nitrogens with zero attached hydrogens (tertiary/aromatic N) is 1. The first-order chi connectivity index (χ1) is 9.56. The molecule has 1 aliphatic rings. The summed E-state index contributed by atoms with van der Waals surface area (Å²) in [4.78, 5) is 7.25. The third-order valence-corrected chi connectivity index (χ3v) is 5.14. The topological polar surface area (TPSA) is 74.8 Å². The Kier molecular flexibility index (Phi) is 3.05. The van der Waals surface area contributed by atoms with E-state index in [1.54, 1.807) is 19.3 Å². The molecule has 0 saturated heterocycles. The largest absolute Gasteiger partial charge is 0.348 e. The molecule has 1 fully saturated rings. The summed E-state index contributed by atoms with van der Waals surface area (Å²) in [6.07, 6.45) is 5.63. The molecule has 3 rings (SSSR count). The molecule has 0 aliphatic heterocycles. The highest BCUT2D eigenvalue weighted by Gasteiger charge is 2.47. The third-order valence-electron chi connectivity index (χ3n) is 3.83. The minimum absolute atomic E-state index is 0.0236. The second-order valence-corrected chi connectivity index (χ2v) is 7.14. The van der Waals surface area contributed by atoms with Crippen molar-refractivity contribution in [3.8, 4) is 0 Å². The fourth-order valence-electron chi connectivity index (χ4n) is 2.49. The Bertz CT molecular complexity index is 704. The highest BCUT2D eigenvalue weighted by molar-refractivity contribution is 7.92. The van der Waals surface area contributed by atoms with E-state index in [9.17, 15) is 8.42 Å².